The molecule has 0 aliphatic rings. The van der Waals surface area contributed by atoms with E-state index in [0.29, 0.717) is 18.8 Å². The lowest BCUT2D eigenvalue weighted by molar-refractivity contribution is 0.285. The summed E-state index contributed by atoms with van der Waals surface area (Å²) in [7, 11) is 0. The lowest BCUT2D eigenvalue weighted by Crippen LogP contribution is -2.22. The van der Waals surface area contributed by atoms with E-state index in [1.165, 1.54) is 6.07 Å². The van der Waals surface area contributed by atoms with Crippen molar-refractivity contribution >= 4 is 15.9 Å². The van der Waals surface area contributed by atoms with Gasteiger partial charge in [-0.25, -0.2) is 4.39 Å². The number of para-hydroxylation sites is 1. The van der Waals surface area contributed by atoms with Gasteiger partial charge in [0.05, 0.1) is 0 Å². The lowest BCUT2D eigenvalue weighted by atomic mass is 10.0. The Morgan fingerprint density at radius 3 is 2.57 bits per heavy atom. The second-order valence-corrected chi connectivity index (χ2v) is 5.83. The Bertz CT molecular complexity index is 603. The summed E-state index contributed by atoms with van der Waals surface area (Å²) in [5.74, 6) is -0.0417. The highest BCUT2D eigenvalue weighted by molar-refractivity contribution is 9.10. The predicted octanol–water partition coefficient (Wildman–Crippen LogP) is 4.45. The van der Waals surface area contributed by atoms with Gasteiger partial charge in [-0.2, -0.15) is 0 Å². The molecular weight excluding hydrogens is 333 g/mol. The molecule has 0 heterocycles. The molecule has 2 N–H and O–H groups in total. The molecule has 0 saturated heterocycles. The summed E-state index contributed by atoms with van der Waals surface area (Å²) in [4.78, 5) is 0. The maximum absolute atomic E-state index is 14.0. The molecule has 21 heavy (non-hydrogen) atoms. The van der Waals surface area contributed by atoms with Crippen molar-refractivity contribution in [3.63, 3.8) is 0 Å². The van der Waals surface area contributed by atoms with Crippen molar-refractivity contribution in [2.24, 2.45) is 5.73 Å². The summed E-state index contributed by atoms with van der Waals surface area (Å²) in [5, 5.41) is 0. The van der Waals surface area contributed by atoms with E-state index in [-0.39, 0.29) is 11.9 Å². The minimum atomic E-state index is -0.345. The zero-order valence-electron chi connectivity index (χ0n) is 12.0. The number of halogens is 2. The van der Waals surface area contributed by atoms with Crippen LogP contribution in [0.2, 0.25) is 0 Å². The summed E-state index contributed by atoms with van der Waals surface area (Å²) in [6.45, 7) is 2.34. The number of rotatable bonds is 6. The molecule has 2 rings (SSSR count). The normalized spacial score (nSPS) is 12.2. The fraction of sp³-hybridized carbons (Fsp3) is 0.294. The monoisotopic (exact) mass is 351 g/mol. The van der Waals surface area contributed by atoms with Crippen LogP contribution in [0.5, 0.6) is 5.75 Å². The minimum absolute atomic E-state index is 0.0117. The van der Waals surface area contributed by atoms with Gasteiger partial charge in [-0.05, 0) is 30.5 Å². The highest BCUT2D eigenvalue weighted by Gasteiger charge is 2.13. The van der Waals surface area contributed by atoms with E-state index in [1.54, 1.807) is 6.07 Å². The van der Waals surface area contributed by atoms with Gasteiger partial charge < -0.3 is 10.5 Å². The average molecular weight is 352 g/mol. The Hall–Kier alpha value is -1.39. The number of benzene rings is 2. The van der Waals surface area contributed by atoms with E-state index in [4.69, 9.17) is 10.5 Å². The summed E-state index contributed by atoms with van der Waals surface area (Å²) in [6, 6.07) is 12.7. The van der Waals surface area contributed by atoms with Crippen LogP contribution in [0.4, 0.5) is 4.39 Å². The van der Waals surface area contributed by atoms with Crippen LogP contribution in [0, 0.1) is 5.82 Å². The quantitative estimate of drug-likeness (QED) is 0.834. The fourth-order valence-electron chi connectivity index (χ4n) is 2.07. The molecule has 0 fully saturated rings. The number of hydrogen-bond acceptors (Lipinski definition) is 2. The third kappa shape index (κ3) is 4.29. The third-order valence-electron chi connectivity index (χ3n) is 3.38. The molecular formula is C17H19BrFNO. The highest BCUT2D eigenvalue weighted by atomic mass is 79.9. The van der Waals surface area contributed by atoms with Gasteiger partial charge in [0.1, 0.15) is 6.61 Å². The van der Waals surface area contributed by atoms with E-state index in [1.807, 2.05) is 37.3 Å². The van der Waals surface area contributed by atoms with E-state index >= 15 is 0 Å². The largest absolute Gasteiger partial charge is 0.486 e. The molecule has 0 aliphatic carbocycles. The fourth-order valence-corrected chi connectivity index (χ4v) is 2.47. The standard InChI is InChI=1S/C17H19BrFNO/c1-2-14(20)10-12-7-5-9-16(19)17(12)21-11-13-6-3-4-8-15(13)18/h3-9,14H,2,10-11,20H2,1H3. The molecule has 2 nitrogen and oxygen atoms in total. The summed E-state index contributed by atoms with van der Waals surface area (Å²) in [6.07, 6.45) is 1.46. The first-order valence-corrected chi connectivity index (χ1v) is 7.80. The Kier molecular flexibility index (Phi) is 5.76. The number of ether oxygens (including phenoxy) is 1. The Morgan fingerprint density at radius 2 is 1.86 bits per heavy atom. The second kappa shape index (κ2) is 7.57. The van der Waals surface area contributed by atoms with Crippen molar-refractivity contribution in [3.05, 3.63) is 63.9 Å². The van der Waals surface area contributed by atoms with E-state index in [2.05, 4.69) is 15.9 Å². The van der Waals surface area contributed by atoms with Crippen LogP contribution in [0.1, 0.15) is 24.5 Å². The van der Waals surface area contributed by atoms with Crippen molar-refractivity contribution in [1.29, 1.82) is 0 Å². The van der Waals surface area contributed by atoms with Gasteiger partial charge in [0.2, 0.25) is 0 Å². The number of nitrogens with two attached hydrogens (primary N) is 1. The van der Waals surface area contributed by atoms with Crippen molar-refractivity contribution in [3.8, 4) is 5.75 Å². The molecule has 4 heteroatoms. The Morgan fingerprint density at radius 1 is 1.14 bits per heavy atom. The maximum Gasteiger partial charge on any atom is 0.165 e. The molecule has 0 aliphatic heterocycles. The third-order valence-corrected chi connectivity index (χ3v) is 4.16. The molecule has 1 unspecified atom stereocenters. The Balaban J connectivity index is 2.17. The molecule has 112 valence electrons. The van der Waals surface area contributed by atoms with Crippen LogP contribution in [-0.4, -0.2) is 6.04 Å². The molecule has 0 amide bonds. The van der Waals surface area contributed by atoms with Crippen molar-refractivity contribution < 1.29 is 9.13 Å². The minimum Gasteiger partial charge on any atom is -0.486 e. The van der Waals surface area contributed by atoms with Crippen molar-refractivity contribution in [1.82, 2.24) is 0 Å². The highest BCUT2D eigenvalue weighted by Crippen LogP contribution is 2.26. The van der Waals surface area contributed by atoms with Crippen LogP contribution < -0.4 is 10.5 Å². The van der Waals surface area contributed by atoms with Crippen LogP contribution in [0.25, 0.3) is 0 Å². The van der Waals surface area contributed by atoms with Crippen LogP contribution in [0.15, 0.2) is 46.9 Å². The predicted molar refractivity (Wildman–Crippen MR) is 86.8 cm³/mol. The summed E-state index contributed by atoms with van der Waals surface area (Å²) >= 11 is 3.46. The Labute approximate surface area is 133 Å². The second-order valence-electron chi connectivity index (χ2n) is 4.98. The van der Waals surface area contributed by atoms with Gasteiger partial charge in [-0.3, -0.25) is 0 Å². The van der Waals surface area contributed by atoms with Gasteiger partial charge in [0.15, 0.2) is 11.6 Å². The topological polar surface area (TPSA) is 35.2 Å². The SMILES string of the molecule is CCC(N)Cc1cccc(F)c1OCc1ccccc1Br. The van der Waals surface area contributed by atoms with Crippen LogP contribution in [0.3, 0.4) is 0 Å². The molecule has 1 atom stereocenters. The summed E-state index contributed by atoms with van der Waals surface area (Å²) < 4.78 is 20.7. The first-order chi connectivity index (χ1) is 10.1. The van der Waals surface area contributed by atoms with E-state index in [9.17, 15) is 4.39 Å². The van der Waals surface area contributed by atoms with E-state index in [0.717, 1.165) is 22.0 Å². The molecule has 2 aromatic carbocycles. The maximum atomic E-state index is 14.0. The van der Waals surface area contributed by atoms with Gasteiger partial charge in [0, 0.05) is 16.1 Å². The van der Waals surface area contributed by atoms with Crippen molar-refractivity contribution in [2.75, 3.05) is 0 Å². The zero-order valence-corrected chi connectivity index (χ0v) is 13.6. The molecule has 2 aromatic rings. The first kappa shape index (κ1) is 16.0. The van der Waals surface area contributed by atoms with Gasteiger partial charge in [-0.15, -0.1) is 0 Å². The van der Waals surface area contributed by atoms with Gasteiger partial charge in [0.25, 0.3) is 0 Å². The molecule has 0 bridgehead atoms. The first-order valence-electron chi connectivity index (χ1n) is 7.01. The molecule has 0 radical (unpaired) electrons. The lowest BCUT2D eigenvalue weighted by Gasteiger charge is -2.15. The van der Waals surface area contributed by atoms with Crippen LogP contribution >= 0.6 is 15.9 Å². The van der Waals surface area contributed by atoms with Crippen LogP contribution in [-0.2, 0) is 13.0 Å². The smallest absolute Gasteiger partial charge is 0.165 e. The molecule has 0 saturated carbocycles. The summed E-state index contributed by atoms with van der Waals surface area (Å²) in [5.41, 5.74) is 7.76. The van der Waals surface area contributed by atoms with Crippen molar-refractivity contribution in [2.45, 2.75) is 32.4 Å². The van der Waals surface area contributed by atoms with Gasteiger partial charge >= 0.3 is 0 Å². The zero-order chi connectivity index (χ0) is 15.2. The van der Waals surface area contributed by atoms with Gasteiger partial charge in [-0.1, -0.05) is 53.2 Å². The number of hydrogen-bond donors (Lipinski definition) is 1. The average Bonchev–Trinajstić information content (AvgIpc) is 2.48. The molecule has 0 aromatic heterocycles. The molecule has 0 spiro atoms. The van der Waals surface area contributed by atoms with E-state index < -0.39 is 0 Å².